The smallest absolute Gasteiger partial charge is 0.251 e. The number of likely N-dealkylation sites (N-methyl/N-ethyl adjacent to an activating group) is 1. The molecule has 1 aromatic rings. The molecular weight excluding hydrogens is 296 g/mol. The van der Waals surface area contributed by atoms with Crippen molar-refractivity contribution in [2.45, 2.75) is 19.9 Å². The molecule has 2 amide bonds. The molecule has 0 spiro atoms. The summed E-state index contributed by atoms with van der Waals surface area (Å²) in [6.07, 6.45) is 0. The van der Waals surface area contributed by atoms with Gasteiger partial charge in [0.1, 0.15) is 6.04 Å². The highest BCUT2D eigenvalue weighted by atomic mass is 79.9. The number of halogens is 1. The molecular formula is C13H17BrN2O2. The average Bonchev–Trinajstić information content (AvgIpc) is 2.36. The number of hydrogen-bond acceptors (Lipinski definition) is 2. The first-order chi connectivity index (χ1) is 8.45. The molecule has 0 heterocycles. The van der Waals surface area contributed by atoms with Gasteiger partial charge >= 0.3 is 0 Å². The van der Waals surface area contributed by atoms with Gasteiger partial charge in [0.2, 0.25) is 5.91 Å². The van der Waals surface area contributed by atoms with E-state index in [0.717, 1.165) is 4.47 Å². The number of nitrogens with zero attached hydrogens (tertiary/aromatic N) is 1. The maximum atomic E-state index is 11.9. The lowest BCUT2D eigenvalue weighted by molar-refractivity contribution is -0.131. The zero-order valence-corrected chi connectivity index (χ0v) is 12.3. The van der Waals surface area contributed by atoms with Gasteiger partial charge in [-0.05, 0) is 32.0 Å². The van der Waals surface area contributed by atoms with Crippen molar-refractivity contribution >= 4 is 27.7 Å². The first-order valence-corrected chi connectivity index (χ1v) is 6.56. The Labute approximate surface area is 115 Å². The Morgan fingerprint density at radius 3 is 2.67 bits per heavy atom. The van der Waals surface area contributed by atoms with Crippen LogP contribution in [0.15, 0.2) is 28.7 Å². The second kappa shape index (κ2) is 6.54. The van der Waals surface area contributed by atoms with Gasteiger partial charge in [-0.25, -0.2) is 0 Å². The molecule has 0 aromatic heterocycles. The summed E-state index contributed by atoms with van der Waals surface area (Å²) in [5, 5.41) is 2.69. The van der Waals surface area contributed by atoms with Crippen LogP contribution in [0.25, 0.3) is 0 Å². The highest BCUT2D eigenvalue weighted by Gasteiger charge is 2.19. The van der Waals surface area contributed by atoms with Crippen molar-refractivity contribution in [3.8, 4) is 0 Å². The lowest BCUT2D eigenvalue weighted by atomic mass is 10.2. The van der Waals surface area contributed by atoms with Gasteiger partial charge in [-0.3, -0.25) is 9.59 Å². The van der Waals surface area contributed by atoms with Gasteiger partial charge in [0.05, 0.1) is 0 Å². The molecule has 0 aliphatic heterocycles. The van der Waals surface area contributed by atoms with Crippen LogP contribution < -0.4 is 5.32 Å². The number of benzene rings is 1. The molecule has 0 saturated carbocycles. The molecule has 0 fully saturated rings. The Morgan fingerprint density at radius 1 is 1.44 bits per heavy atom. The zero-order chi connectivity index (χ0) is 13.7. The minimum atomic E-state index is -0.526. The van der Waals surface area contributed by atoms with Gasteiger partial charge in [0.15, 0.2) is 0 Å². The van der Waals surface area contributed by atoms with Crippen LogP contribution in [0.3, 0.4) is 0 Å². The molecule has 0 aliphatic rings. The molecule has 18 heavy (non-hydrogen) atoms. The van der Waals surface area contributed by atoms with E-state index in [2.05, 4.69) is 21.2 Å². The summed E-state index contributed by atoms with van der Waals surface area (Å²) in [5.74, 6) is -0.345. The maximum absolute atomic E-state index is 11.9. The molecule has 4 nitrogen and oxygen atoms in total. The molecule has 1 N–H and O–H groups in total. The molecule has 0 bridgehead atoms. The van der Waals surface area contributed by atoms with E-state index in [1.54, 1.807) is 37.1 Å². The van der Waals surface area contributed by atoms with Crippen LogP contribution in [0.4, 0.5) is 0 Å². The van der Waals surface area contributed by atoms with E-state index >= 15 is 0 Å². The van der Waals surface area contributed by atoms with E-state index in [4.69, 9.17) is 0 Å². The lowest BCUT2D eigenvalue weighted by Crippen LogP contribution is -2.45. The van der Waals surface area contributed by atoms with Crippen LogP contribution in [0.1, 0.15) is 24.2 Å². The normalized spacial score (nSPS) is 11.8. The van der Waals surface area contributed by atoms with Crippen LogP contribution in [-0.2, 0) is 4.79 Å². The summed E-state index contributed by atoms with van der Waals surface area (Å²) in [7, 11) is 1.71. The number of hydrogen-bond donors (Lipinski definition) is 1. The summed E-state index contributed by atoms with van der Waals surface area (Å²) in [5.41, 5.74) is 0.531. The first-order valence-electron chi connectivity index (χ1n) is 5.77. The minimum absolute atomic E-state index is 0.0964. The molecule has 98 valence electrons. The maximum Gasteiger partial charge on any atom is 0.251 e. The fourth-order valence-electron chi connectivity index (χ4n) is 1.46. The Morgan fingerprint density at radius 2 is 2.11 bits per heavy atom. The third kappa shape index (κ3) is 3.84. The summed E-state index contributed by atoms with van der Waals surface area (Å²) < 4.78 is 0.833. The van der Waals surface area contributed by atoms with Gasteiger partial charge in [0, 0.05) is 23.6 Å². The fourth-order valence-corrected chi connectivity index (χ4v) is 1.86. The van der Waals surface area contributed by atoms with Crippen molar-refractivity contribution in [2.24, 2.45) is 0 Å². The predicted octanol–water partition coefficient (Wildman–Crippen LogP) is 2.05. The summed E-state index contributed by atoms with van der Waals surface area (Å²) in [6.45, 7) is 4.20. The highest BCUT2D eigenvalue weighted by molar-refractivity contribution is 9.10. The van der Waals surface area contributed by atoms with E-state index < -0.39 is 6.04 Å². The second-order valence-electron chi connectivity index (χ2n) is 4.06. The van der Waals surface area contributed by atoms with Crippen molar-refractivity contribution in [1.82, 2.24) is 10.2 Å². The van der Waals surface area contributed by atoms with Crippen LogP contribution in [0.2, 0.25) is 0 Å². The molecule has 0 saturated heterocycles. The van der Waals surface area contributed by atoms with Crippen molar-refractivity contribution in [1.29, 1.82) is 0 Å². The zero-order valence-electron chi connectivity index (χ0n) is 10.7. The number of carbonyl (C=O) groups is 2. The van der Waals surface area contributed by atoms with E-state index in [0.29, 0.717) is 12.1 Å². The molecule has 1 unspecified atom stereocenters. The Balaban J connectivity index is 2.68. The van der Waals surface area contributed by atoms with Gasteiger partial charge in [-0.2, -0.15) is 0 Å². The fraction of sp³-hybridized carbons (Fsp3) is 0.385. The highest BCUT2D eigenvalue weighted by Crippen LogP contribution is 2.11. The average molecular weight is 313 g/mol. The topological polar surface area (TPSA) is 49.4 Å². The van der Waals surface area contributed by atoms with Gasteiger partial charge in [-0.15, -0.1) is 0 Å². The van der Waals surface area contributed by atoms with Gasteiger partial charge < -0.3 is 10.2 Å². The lowest BCUT2D eigenvalue weighted by Gasteiger charge is -2.20. The monoisotopic (exact) mass is 312 g/mol. The van der Waals surface area contributed by atoms with Gasteiger partial charge in [0.25, 0.3) is 5.91 Å². The standard InChI is InChI=1S/C13H17BrN2O2/c1-4-16(3)13(18)9(2)15-12(17)10-6-5-7-11(14)8-10/h5-9H,4H2,1-3H3,(H,15,17). The Kier molecular flexibility index (Phi) is 5.34. The van der Waals surface area contributed by atoms with Crippen LogP contribution in [0.5, 0.6) is 0 Å². The van der Waals surface area contributed by atoms with Crippen LogP contribution in [0, 0.1) is 0 Å². The van der Waals surface area contributed by atoms with Crippen molar-refractivity contribution in [3.63, 3.8) is 0 Å². The Hall–Kier alpha value is -1.36. The molecule has 1 atom stereocenters. The molecule has 5 heteroatoms. The van der Waals surface area contributed by atoms with Crippen molar-refractivity contribution in [2.75, 3.05) is 13.6 Å². The van der Waals surface area contributed by atoms with E-state index in [1.807, 2.05) is 13.0 Å². The molecule has 1 rings (SSSR count). The first kappa shape index (κ1) is 14.7. The third-order valence-corrected chi connectivity index (χ3v) is 3.15. The van der Waals surface area contributed by atoms with E-state index in [9.17, 15) is 9.59 Å². The summed E-state index contributed by atoms with van der Waals surface area (Å²) in [6, 6.07) is 6.53. The summed E-state index contributed by atoms with van der Waals surface area (Å²) >= 11 is 3.30. The number of carbonyl (C=O) groups excluding carboxylic acids is 2. The van der Waals surface area contributed by atoms with E-state index in [-0.39, 0.29) is 11.8 Å². The van der Waals surface area contributed by atoms with Crippen molar-refractivity contribution < 1.29 is 9.59 Å². The predicted molar refractivity (Wildman–Crippen MR) is 74.4 cm³/mol. The SMILES string of the molecule is CCN(C)C(=O)C(C)NC(=O)c1cccc(Br)c1. The Bertz CT molecular complexity index is 448. The van der Waals surface area contributed by atoms with Gasteiger partial charge in [-0.1, -0.05) is 22.0 Å². The largest absolute Gasteiger partial charge is 0.344 e. The quantitative estimate of drug-likeness (QED) is 0.925. The number of rotatable bonds is 4. The number of nitrogens with one attached hydrogen (secondary N) is 1. The summed E-state index contributed by atoms with van der Waals surface area (Å²) in [4.78, 5) is 25.3. The second-order valence-corrected chi connectivity index (χ2v) is 4.97. The molecule has 0 radical (unpaired) electrons. The van der Waals surface area contributed by atoms with Crippen LogP contribution in [-0.4, -0.2) is 36.3 Å². The minimum Gasteiger partial charge on any atom is -0.344 e. The molecule has 1 aromatic carbocycles. The van der Waals surface area contributed by atoms with E-state index in [1.165, 1.54) is 0 Å². The van der Waals surface area contributed by atoms with Crippen molar-refractivity contribution in [3.05, 3.63) is 34.3 Å². The van der Waals surface area contributed by atoms with Crippen LogP contribution >= 0.6 is 15.9 Å². The third-order valence-electron chi connectivity index (χ3n) is 2.66. The number of amides is 2. The molecule has 0 aliphatic carbocycles.